The monoisotopic (exact) mass is 324 g/mol. The summed E-state index contributed by atoms with van der Waals surface area (Å²) < 4.78 is 5.80. The molecule has 126 valence electrons. The summed E-state index contributed by atoms with van der Waals surface area (Å²) in [5.41, 5.74) is 2.65. The van der Waals surface area contributed by atoms with Crippen LogP contribution in [0.1, 0.15) is 17.7 Å². The summed E-state index contributed by atoms with van der Waals surface area (Å²) >= 11 is 0. The van der Waals surface area contributed by atoms with E-state index >= 15 is 0 Å². The minimum absolute atomic E-state index is 0.743. The number of hydrogen-bond acceptors (Lipinski definition) is 5. The first-order valence-electron chi connectivity index (χ1n) is 8.88. The average molecular weight is 324 g/mol. The van der Waals surface area contributed by atoms with Crippen LogP contribution in [0, 0.1) is 0 Å². The smallest absolute Gasteiger partial charge is 0.135 e. The Labute approximate surface area is 143 Å². The number of fused-ring (bicyclic) bond motifs is 1. The fraction of sp³-hybridized carbons (Fsp3) is 0.474. The summed E-state index contributed by atoms with van der Waals surface area (Å²) in [6.07, 6.45) is 5.20. The summed E-state index contributed by atoms with van der Waals surface area (Å²) in [6, 6.07) is 10.0. The Kier molecular flexibility index (Phi) is 4.60. The van der Waals surface area contributed by atoms with E-state index in [-0.39, 0.29) is 0 Å². The molecular weight excluding hydrogens is 300 g/mol. The highest BCUT2D eigenvalue weighted by Crippen LogP contribution is 2.28. The Morgan fingerprint density at radius 2 is 1.79 bits per heavy atom. The maximum Gasteiger partial charge on any atom is 0.135 e. The molecule has 0 atom stereocenters. The largest absolute Gasteiger partial charge is 0.492 e. The molecule has 0 N–H and O–H groups in total. The van der Waals surface area contributed by atoms with Crippen molar-refractivity contribution in [2.24, 2.45) is 0 Å². The van der Waals surface area contributed by atoms with E-state index in [4.69, 9.17) is 4.74 Å². The number of aryl methyl sites for hydroxylation is 1. The third kappa shape index (κ3) is 3.36. The number of para-hydroxylation sites is 1. The summed E-state index contributed by atoms with van der Waals surface area (Å²) in [7, 11) is 0. The number of aromatic nitrogens is 2. The van der Waals surface area contributed by atoms with Gasteiger partial charge in [-0.1, -0.05) is 18.2 Å². The fourth-order valence-corrected chi connectivity index (χ4v) is 3.61. The number of ether oxygens (including phenoxy) is 1. The summed E-state index contributed by atoms with van der Waals surface area (Å²) in [5.74, 6) is 2.13. The second-order valence-electron chi connectivity index (χ2n) is 6.47. The van der Waals surface area contributed by atoms with Crippen molar-refractivity contribution < 1.29 is 4.74 Å². The van der Waals surface area contributed by atoms with Gasteiger partial charge in [0.2, 0.25) is 0 Å². The Hall–Kier alpha value is -2.14. The summed E-state index contributed by atoms with van der Waals surface area (Å²) in [5, 5.41) is 0. The molecule has 2 heterocycles. The molecule has 0 bridgehead atoms. The van der Waals surface area contributed by atoms with E-state index in [1.165, 1.54) is 23.5 Å². The number of anilines is 1. The van der Waals surface area contributed by atoms with Crippen LogP contribution in [-0.2, 0) is 12.8 Å². The van der Waals surface area contributed by atoms with Crippen LogP contribution in [0.2, 0.25) is 0 Å². The van der Waals surface area contributed by atoms with E-state index in [9.17, 15) is 0 Å². The predicted octanol–water partition coefficient (Wildman–Crippen LogP) is 2.17. The molecule has 0 unspecified atom stereocenters. The molecule has 1 aromatic carbocycles. The van der Waals surface area contributed by atoms with Crippen LogP contribution in [0.25, 0.3) is 0 Å². The Bertz CT molecular complexity index is 668. The molecule has 1 aliphatic carbocycles. The fourth-order valence-electron chi connectivity index (χ4n) is 3.61. The number of nitrogens with zero attached hydrogens (tertiary/aromatic N) is 4. The van der Waals surface area contributed by atoms with Gasteiger partial charge in [-0.25, -0.2) is 9.97 Å². The van der Waals surface area contributed by atoms with Crippen molar-refractivity contribution in [3.63, 3.8) is 0 Å². The van der Waals surface area contributed by atoms with Crippen molar-refractivity contribution in [1.82, 2.24) is 14.9 Å². The lowest BCUT2D eigenvalue weighted by Gasteiger charge is -2.36. The molecule has 2 aromatic rings. The third-order valence-corrected chi connectivity index (χ3v) is 4.94. The van der Waals surface area contributed by atoms with Crippen LogP contribution in [0.4, 0.5) is 5.82 Å². The zero-order valence-corrected chi connectivity index (χ0v) is 14.0. The van der Waals surface area contributed by atoms with Gasteiger partial charge in [0, 0.05) is 44.0 Å². The second kappa shape index (κ2) is 7.18. The van der Waals surface area contributed by atoms with Crippen LogP contribution in [0.5, 0.6) is 5.75 Å². The maximum atomic E-state index is 5.80. The molecule has 0 spiro atoms. The average Bonchev–Trinajstić information content (AvgIpc) is 3.12. The summed E-state index contributed by atoms with van der Waals surface area (Å²) in [4.78, 5) is 13.9. The lowest BCUT2D eigenvalue weighted by molar-refractivity contribution is 0.200. The Morgan fingerprint density at radius 3 is 2.62 bits per heavy atom. The molecule has 1 fully saturated rings. The highest BCUT2D eigenvalue weighted by atomic mass is 16.5. The normalized spacial score (nSPS) is 17.8. The van der Waals surface area contributed by atoms with Crippen LogP contribution in [-0.4, -0.2) is 54.2 Å². The molecule has 0 saturated carbocycles. The molecule has 4 rings (SSSR count). The molecule has 24 heavy (non-hydrogen) atoms. The van der Waals surface area contributed by atoms with Crippen molar-refractivity contribution in [1.29, 1.82) is 0 Å². The van der Waals surface area contributed by atoms with E-state index in [0.717, 1.165) is 57.9 Å². The Morgan fingerprint density at radius 1 is 0.958 bits per heavy atom. The predicted molar refractivity (Wildman–Crippen MR) is 94.6 cm³/mol. The van der Waals surface area contributed by atoms with Crippen LogP contribution >= 0.6 is 0 Å². The van der Waals surface area contributed by atoms with Crippen LogP contribution in [0.3, 0.4) is 0 Å². The van der Waals surface area contributed by atoms with Gasteiger partial charge in [0.15, 0.2) is 0 Å². The van der Waals surface area contributed by atoms with Crippen molar-refractivity contribution in [2.45, 2.75) is 19.3 Å². The van der Waals surface area contributed by atoms with Gasteiger partial charge in [0.05, 0.1) is 0 Å². The standard InChI is InChI=1S/C19H24N4O/c1-2-5-16(6-3-1)24-14-13-22-9-11-23(12-10-22)19-17-7-4-8-18(17)20-15-21-19/h1-3,5-6,15H,4,7-14H2. The molecule has 1 aromatic heterocycles. The SMILES string of the molecule is c1ccc(OCCN2CCN(c3ncnc4c3CCC4)CC2)cc1. The zero-order chi connectivity index (χ0) is 16.2. The van der Waals surface area contributed by atoms with Crippen LogP contribution in [0.15, 0.2) is 36.7 Å². The molecular formula is C19H24N4O. The van der Waals surface area contributed by atoms with Gasteiger partial charge in [-0.2, -0.15) is 0 Å². The first-order chi connectivity index (χ1) is 11.9. The van der Waals surface area contributed by atoms with E-state index < -0.39 is 0 Å². The third-order valence-electron chi connectivity index (χ3n) is 4.94. The van der Waals surface area contributed by atoms with Gasteiger partial charge in [-0.3, -0.25) is 4.90 Å². The van der Waals surface area contributed by atoms with Gasteiger partial charge >= 0.3 is 0 Å². The summed E-state index contributed by atoms with van der Waals surface area (Å²) in [6.45, 7) is 5.93. The lowest BCUT2D eigenvalue weighted by atomic mass is 10.2. The highest BCUT2D eigenvalue weighted by molar-refractivity contribution is 5.50. The quantitative estimate of drug-likeness (QED) is 0.843. The first kappa shape index (κ1) is 15.4. The van der Waals surface area contributed by atoms with Gasteiger partial charge in [-0.05, 0) is 31.4 Å². The van der Waals surface area contributed by atoms with Gasteiger partial charge in [0.1, 0.15) is 24.5 Å². The minimum atomic E-state index is 0.743. The molecule has 0 radical (unpaired) electrons. The number of benzene rings is 1. The van der Waals surface area contributed by atoms with E-state index in [0.29, 0.717) is 0 Å². The van der Waals surface area contributed by atoms with Gasteiger partial charge < -0.3 is 9.64 Å². The molecule has 0 amide bonds. The van der Waals surface area contributed by atoms with E-state index in [2.05, 4.69) is 19.8 Å². The molecule has 2 aliphatic rings. The molecule has 1 aliphatic heterocycles. The maximum absolute atomic E-state index is 5.80. The molecule has 1 saturated heterocycles. The lowest BCUT2D eigenvalue weighted by Crippen LogP contribution is -2.48. The van der Waals surface area contributed by atoms with E-state index in [1.54, 1.807) is 6.33 Å². The Balaban J connectivity index is 1.27. The number of piperazine rings is 1. The number of hydrogen-bond donors (Lipinski definition) is 0. The second-order valence-corrected chi connectivity index (χ2v) is 6.47. The number of rotatable bonds is 5. The highest BCUT2D eigenvalue weighted by Gasteiger charge is 2.24. The van der Waals surface area contributed by atoms with Gasteiger partial charge in [-0.15, -0.1) is 0 Å². The molecule has 5 heteroatoms. The van der Waals surface area contributed by atoms with Crippen molar-refractivity contribution in [3.05, 3.63) is 47.9 Å². The topological polar surface area (TPSA) is 41.5 Å². The van der Waals surface area contributed by atoms with Crippen molar-refractivity contribution in [2.75, 3.05) is 44.2 Å². The van der Waals surface area contributed by atoms with Crippen molar-refractivity contribution >= 4 is 5.82 Å². The van der Waals surface area contributed by atoms with E-state index in [1.807, 2.05) is 30.3 Å². The zero-order valence-electron chi connectivity index (χ0n) is 14.0. The van der Waals surface area contributed by atoms with Crippen LogP contribution < -0.4 is 9.64 Å². The molecule has 5 nitrogen and oxygen atoms in total. The van der Waals surface area contributed by atoms with Gasteiger partial charge in [0.25, 0.3) is 0 Å². The van der Waals surface area contributed by atoms with Crippen molar-refractivity contribution in [3.8, 4) is 5.75 Å². The first-order valence-corrected chi connectivity index (χ1v) is 8.88. The minimum Gasteiger partial charge on any atom is -0.492 e.